The summed E-state index contributed by atoms with van der Waals surface area (Å²) in [4.78, 5) is 13.4. The Morgan fingerprint density at radius 1 is 1.32 bits per heavy atom. The third-order valence-electron chi connectivity index (χ3n) is 3.05. The fourth-order valence-electron chi connectivity index (χ4n) is 2.11. The fraction of sp³-hybridized carbons (Fsp3) is 0.615. The van der Waals surface area contributed by atoms with Gasteiger partial charge in [0.2, 0.25) is 5.91 Å². The molecular weight excluding hydrogens is 260 g/mol. The van der Waals surface area contributed by atoms with Crippen LogP contribution in [0.2, 0.25) is 0 Å². The molecule has 1 aliphatic rings. The van der Waals surface area contributed by atoms with Crippen molar-refractivity contribution in [2.75, 3.05) is 30.7 Å². The van der Waals surface area contributed by atoms with Crippen molar-refractivity contribution in [2.24, 2.45) is 0 Å². The van der Waals surface area contributed by atoms with Crippen molar-refractivity contribution in [3.8, 4) is 0 Å². The van der Waals surface area contributed by atoms with E-state index in [0.717, 1.165) is 17.3 Å². The van der Waals surface area contributed by atoms with Gasteiger partial charge in [0, 0.05) is 19.2 Å². The Hall–Kier alpha value is -1.14. The Bertz CT molecular complexity index is 404. The first-order chi connectivity index (χ1) is 9.24. The Balaban J connectivity index is 1.71. The van der Waals surface area contributed by atoms with Crippen LogP contribution in [-0.2, 0) is 4.79 Å². The van der Waals surface area contributed by atoms with Crippen molar-refractivity contribution in [1.29, 1.82) is 0 Å². The molecule has 0 radical (unpaired) electrons. The van der Waals surface area contributed by atoms with Crippen LogP contribution < -0.4 is 5.32 Å². The largest absolute Gasteiger partial charge is 0.309 e. The highest BCUT2D eigenvalue weighted by Gasteiger charge is 2.09. The van der Waals surface area contributed by atoms with Gasteiger partial charge in [-0.05, 0) is 38.1 Å². The van der Waals surface area contributed by atoms with Crippen LogP contribution in [-0.4, -0.2) is 46.4 Å². The molecule has 1 aromatic rings. The molecule has 1 N–H and O–H groups in total. The molecule has 6 heteroatoms. The van der Waals surface area contributed by atoms with E-state index in [9.17, 15) is 4.79 Å². The molecule has 0 atom stereocenters. The number of amides is 1. The van der Waals surface area contributed by atoms with Gasteiger partial charge in [-0.3, -0.25) is 4.79 Å². The normalized spacial score (nSPS) is 16.3. The van der Waals surface area contributed by atoms with Gasteiger partial charge >= 0.3 is 0 Å². The molecule has 1 fully saturated rings. The molecule has 2 heterocycles. The van der Waals surface area contributed by atoms with E-state index < -0.39 is 0 Å². The third kappa shape index (κ3) is 5.16. The second kappa shape index (κ2) is 7.45. The van der Waals surface area contributed by atoms with Crippen molar-refractivity contribution < 1.29 is 4.79 Å². The number of nitrogens with one attached hydrogen (secondary N) is 1. The molecule has 0 spiro atoms. The first-order valence-corrected chi connectivity index (χ1v) is 7.69. The minimum Gasteiger partial charge on any atom is -0.309 e. The Morgan fingerprint density at radius 2 is 2.11 bits per heavy atom. The Morgan fingerprint density at radius 3 is 2.74 bits per heavy atom. The summed E-state index contributed by atoms with van der Waals surface area (Å²) in [6.45, 7) is 5.03. The lowest BCUT2D eigenvalue weighted by molar-refractivity contribution is -0.114. The maximum Gasteiger partial charge on any atom is 0.222 e. The van der Waals surface area contributed by atoms with Crippen LogP contribution in [0.15, 0.2) is 17.2 Å². The van der Waals surface area contributed by atoms with Crippen molar-refractivity contribution in [1.82, 2.24) is 15.1 Å². The van der Waals surface area contributed by atoms with Crippen molar-refractivity contribution in [3.63, 3.8) is 0 Å². The first-order valence-electron chi connectivity index (χ1n) is 6.70. The topological polar surface area (TPSA) is 58.1 Å². The van der Waals surface area contributed by atoms with Gasteiger partial charge in [0.05, 0.1) is 0 Å². The molecule has 0 unspecified atom stereocenters. The van der Waals surface area contributed by atoms with Gasteiger partial charge in [0.15, 0.2) is 5.82 Å². The van der Waals surface area contributed by atoms with E-state index in [2.05, 4.69) is 20.4 Å². The van der Waals surface area contributed by atoms with Gasteiger partial charge in [-0.15, -0.1) is 22.0 Å². The Labute approximate surface area is 118 Å². The summed E-state index contributed by atoms with van der Waals surface area (Å²) in [5.74, 6) is 1.42. The zero-order valence-electron chi connectivity index (χ0n) is 11.3. The lowest BCUT2D eigenvalue weighted by atomic mass is 10.1. The summed E-state index contributed by atoms with van der Waals surface area (Å²) in [7, 11) is 0. The van der Waals surface area contributed by atoms with E-state index in [1.54, 1.807) is 17.8 Å². The van der Waals surface area contributed by atoms with E-state index in [1.807, 2.05) is 6.07 Å². The van der Waals surface area contributed by atoms with E-state index in [4.69, 9.17) is 0 Å². The highest BCUT2D eigenvalue weighted by molar-refractivity contribution is 7.99. The van der Waals surface area contributed by atoms with E-state index in [1.165, 1.54) is 39.3 Å². The number of anilines is 1. The van der Waals surface area contributed by atoms with Gasteiger partial charge in [-0.2, -0.15) is 0 Å². The van der Waals surface area contributed by atoms with Crippen molar-refractivity contribution in [2.45, 2.75) is 31.2 Å². The van der Waals surface area contributed by atoms with Gasteiger partial charge in [-0.25, -0.2) is 0 Å². The molecule has 1 saturated heterocycles. The quantitative estimate of drug-likeness (QED) is 0.836. The molecule has 1 aliphatic heterocycles. The minimum absolute atomic E-state index is 0.125. The average molecular weight is 280 g/mol. The summed E-state index contributed by atoms with van der Waals surface area (Å²) in [6, 6.07) is 3.69. The molecule has 5 nitrogen and oxygen atoms in total. The van der Waals surface area contributed by atoms with E-state index >= 15 is 0 Å². The van der Waals surface area contributed by atoms with Crippen LogP contribution in [0.4, 0.5) is 5.82 Å². The minimum atomic E-state index is -0.125. The second-order valence-electron chi connectivity index (χ2n) is 4.69. The number of hydrogen-bond donors (Lipinski definition) is 1. The third-order valence-corrected chi connectivity index (χ3v) is 3.95. The molecule has 1 amide bonds. The number of carbonyl (C=O) groups excluding carboxylic acids is 1. The summed E-state index contributed by atoms with van der Waals surface area (Å²) in [5.41, 5.74) is 0. The number of rotatable bonds is 5. The van der Waals surface area contributed by atoms with Crippen LogP contribution in [0, 0.1) is 0 Å². The van der Waals surface area contributed by atoms with Crippen LogP contribution >= 0.6 is 11.8 Å². The second-order valence-corrected chi connectivity index (χ2v) is 5.80. The van der Waals surface area contributed by atoms with Crippen LogP contribution in [0.5, 0.6) is 0 Å². The lowest BCUT2D eigenvalue weighted by Gasteiger charge is -2.25. The summed E-state index contributed by atoms with van der Waals surface area (Å²) in [5, 5.41) is 11.6. The number of aromatic nitrogens is 2. The molecular formula is C13H20N4OS. The van der Waals surface area contributed by atoms with Crippen LogP contribution in [0.25, 0.3) is 0 Å². The van der Waals surface area contributed by atoms with Crippen LogP contribution in [0.3, 0.4) is 0 Å². The maximum atomic E-state index is 10.9. The number of carbonyl (C=O) groups is 1. The summed E-state index contributed by atoms with van der Waals surface area (Å²) < 4.78 is 0. The van der Waals surface area contributed by atoms with Gasteiger partial charge in [-0.1, -0.05) is 6.42 Å². The molecule has 0 bridgehead atoms. The van der Waals surface area contributed by atoms with E-state index in [0.29, 0.717) is 5.82 Å². The molecule has 0 aliphatic carbocycles. The molecule has 0 saturated carbocycles. The predicted molar refractivity (Wildman–Crippen MR) is 77.4 cm³/mol. The number of hydrogen-bond acceptors (Lipinski definition) is 5. The highest BCUT2D eigenvalue weighted by atomic mass is 32.2. The van der Waals surface area contributed by atoms with E-state index in [-0.39, 0.29) is 5.91 Å². The first kappa shape index (κ1) is 14.3. The number of thioether (sulfide) groups is 1. The number of likely N-dealkylation sites (tertiary alicyclic amines) is 1. The zero-order chi connectivity index (χ0) is 13.5. The Kier molecular flexibility index (Phi) is 5.60. The maximum absolute atomic E-state index is 10.9. The van der Waals surface area contributed by atoms with Gasteiger partial charge < -0.3 is 10.2 Å². The standard InChI is InChI=1S/C13H20N4OS/c1-11(18)14-12-5-6-13(16-15-12)19-10-9-17-7-3-2-4-8-17/h5-6H,2-4,7-10H2,1H3,(H,14,15,18). The van der Waals surface area contributed by atoms with Crippen molar-refractivity contribution >= 4 is 23.5 Å². The molecule has 104 valence electrons. The monoisotopic (exact) mass is 280 g/mol. The predicted octanol–water partition coefficient (Wildman–Crippen LogP) is 2.01. The smallest absolute Gasteiger partial charge is 0.222 e. The number of nitrogens with zero attached hydrogens (tertiary/aromatic N) is 3. The number of piperidine rings is 1. The molecule has 1 aromatic heterocycles. The molecule has 2 rings (SSSR count). The highest BCUT2D eigenvalue weighted by Crippen LogP contribution is 2.16. The average Bonchev–Trinajstić information content (AvgIpc) is 2.41. The van der Waals surface area contributed by atoms with Gasteiger partial charge in [0.25, 0.3) is 0 Å². The SMILES string of the molecule is CC(=O)Nc1ccc(SCCN2CCCCC2)nn1. The fourth-order valence-corrected chi connectivity index (χ4v) is 2.93. The summed E-state index contributed by atoms with van der Waals surface area (Å²) >= 11 is 1.71. The zero-order valence-corrected chi connectivity index (χ0v) is 12.1. The molecule has 0 aromatic carbocycles. The van der Waals surface area contributed by atoms with Crippen molar-refractivity contribution in [3.05, 3.63) is 12.1 Å². The van der Waals surface area contributed by atoms with Gasteiger partial charge in [0.1, 0.15) is 5.03 Å². The van der Waals surface area contributed by atoms with Crippen LogP contribution in [0.1, 0.15) is 26.2 Å². The molecule has 19 heavy (non-hydrogen) atoms. The summed E-state index contributed by atoms with van der Waals surface area (Å²) in [6.07, 6.45) is 4.03. The lowest BCUT2D eigenvalue weighted by Crippen LogP contribution is -2.31.